The molecule has 0 N–H and O–H groups in total. The van der Waals surface area contributed by atoms with Gasteiger partial charge in [-0.25, -0.2) is 0 Å². The molecule has 0 aromatic heterocycles. The van der Waals surface area contributed by atoms with Crippen LogP contribution in [0, 0.1) is 18.8 Å². The molecule has 150 valence electrons. The second-order valence-electron chi connectivity index (χ2n) is 8.47. The molecule has 0 radical (unpaired) electrons. The van der Waals surface area contributed by atoms with Crippen molar-refractivity contribution in [3.05, 3.63) is 28.8 Å². The van der Waals surface area contributed by atoms with E-state index in [2.05, 4.69) is 11.8 Å². The fourth-order valence-electron chi connectivity index (χ4n) is 4.22. The summed E-state index contributed by atoms with van der Waals surface area (Å²) >= 11 is 6.22. The second kappa shape index (κ2) is 9.29. The van der Waals surface area contributed by atoms with E-state index >= 15 is 0 Å². The van der Waals surface area contributed by atoms with Crippen molar-refractivity contribution >= 4 is 17.5 Å². The van der Waals surface area contributed by atoms with E-state index in [9.17, 15) is 4.79 Å². The molecule has 2 fully saturated rings. The number of likely N-dealkylation sites (tertiary alicyclic amines) is 2. The van der Waals surface area contributed by atoms with E-state index in [1.807, 2.05) is 36.9 Å². The summed E-state index contributed by atoms with van der Waals surface area (Å²) < 4.78 is 5.90. The maximum atomic E-state index is 12.9. The molecule has 27 heavy (non-hydrogen) atoms. The van der Waals surface area contributed by atoms with Crippen molar-refractivity contribution in [2.24, 2.45) is 11.8 Å². The van der Waals surface area contributed by atoms with Crippen molar-refractivity contribution in [2.75, 3.05) is 32.7 Å². The molecule has 0 aliphatic carbocycles. The monoisotopic (exact) mass is 392 g/mol. The fourth-order valence-corrected chi connectivity index (χ4v) is 4.38. The van der Waals surface area contributed by atoms with Crippen LogP contribution in [0.5, 0.6) is 5.75 Å². The van der Waals surface area contributed by atoms with E-state index in [4.69, 9.17) is 16.3 Å². The van der Waals surface area contributed by atoms with Gasteiger partial charge in [0.05, 0.1) is 5.02 Å². The standard InChI is InChI=1S/C22H33ClN2O2/c1-16-8-11-24(12-9-16)14-19-5-4-10-25(15-19)22(26)18(3)27-21-13-17(2)6-7-20(21)23/h6-7,13,16,18-19H,4-5,8-12,14-15H2,1-3H3. The SMILES string of the molecule is Cc1ccc(Cl)c(OC(C)C(=O)N2CCCC(CN3CCC(C)CC3)C2)c1. The Kier molecular flexibility index (Phi) is 7.04. The van der Waals surface area contributed by atoms with Gasteiger partial charge in [0.25, 0.3) is 5.91 Å². The normalized spacial score (nSPS) is 23.3. The zero-order valence-electron chi connectivity index (χ0n) is 16.9. The Balaban J connectivity index is 1.53. The number of ether oxygens (including phenoxy) is 1. The number of carbonyl (C=O) groups is 1. The highest BCUT2D eigenvalue weighted by Gasteiger charge is 2.29. The number of nitrogens with zero attached hydrogens (tertiary/aromatic N) is 2. The number of amides is 1. The van der Waals surface area contributed by atoms with Gasteiger partial charge in [-0.1, -0.05) is 24.6 Å². The van der Waals surface area contributed by atoms with Crippen molar-refractivity contribution in [2.45, 2.75) is 52.6 Å². The Morgan fingerprint density at radius 2 is 2.00 bits per heavy atom. The van der Waals surface area contributed by atoms with Gasteiger partial charge in [-0.3, -0.25) is 4.79 Å². The van der Waals surface area contributed by atoms with Crippen LogP contribution in [0.1, 0.15) is 45.1 Å². The number of hydrogen-bond donors (Lipinski definition) is 0. The summed E-state index contributed by atoms with van der Waals surface area (Å²) in [6.45, 7) is 11.4. The smallest absolute Gasteiger partial charge is 0.263 e. The average Bonchev–Trinajstić information content (AvgIpc) is 2.66. The molecule has 2 heterocycles. The van der Waals surface area contributed by atoms with Crippen molar-refractivity contribution < 1.29 is 9.53 Å². The summed E-state index contributed by atoms with van der Waals surface area (Å²) in [5.41, 5.74) is 1.07. The molecule has 2 aliphatic heterocycles. The van der Waals surface area contributed by atoms with Gasteiger partial charge in [-0.05, 0) is 82.2 Å². The highest BCUT2D eigenvalue weighted by molar-refractivity contribution is 6.32. The maximum Gasteiger partial charge on any atom is 0.263 e. The number of carbonyl (C=O) groups excluding carboxylic acids is 1. The lowest BCUT2D eigenvalue weighted by atomic mass is 9.94. The summed E-state index contributed by atoms with van der Waals surface area (Å²) in [4.78, 5) is 17.5. The average molecular weight is 393 g/mol. The summed E-state index contributed by atoms with van der Waals surface area (Å²) in [7, 11) is 0. The summed E-state index contributed by atoms with van der Waals surface area (Å²) in [6, 6.07) is 5.65. The minimum absolute atomic E-state index is 0.0736. The quantitative estimate of drug-likeness (QED) is 0.745. The van der Waals surface area contributed by atoms with Crippen LogP contribution < -0.4 is 4.74 Å². The van der Waals surface area contributed by atoms with Crippen molar-refractivity contribution in [3.8, 4) is 5.75 Å². The molecule has 2 unspecified atom stereocenters. The van der Waals surface area contributed by atoms with Gasteiger partial charge in [0.2, 0.25) is 0 Å². The number of hydrogen-bond acceptors (Lipinski definition) is 3. The summed E-state index contributed by atoms with van der Waals surface area (Å²) in [5.74, 6) is 2.10. The Morgan fingerprint density at radius 3 is 2.74 bits per heavy atom. The number of halogens is 1. The lowest BCUT2D eigenvalue weighted by Gasteiger charge is -2.38. The van der Waals surface area contributed by atoms with E-state index in [1.165, 1.54) is 32.4 Å². The molecule has 5 heteroatoms. The lowest BCUT2D eigenvalue weighted by Crippen LogP contribution is -2.48. The zero-order chi connectivity index (χ0) is 19.4. The first kappa shape index (κ1) is 20.5. The van der Waals surface area contributed by atoms with Gasteiger partial charge in [0.15, 0.2) is 6.10 Å². The molecule has 2 saturated heterocycles. The van der Waals surface area contributed by atoms with E-state index in [0.29, 0.717) is 16.7 Å². The van der Waals surface area contributed by atoms with Crippen LogP contribution in [0.2, 0.25) is 5.02 Å². The Morgan fingerprint density at radius 1 is 1.26 bits per heavy atom. The number of benzene rings is 1. The first-order chi connectivity index (χ1) is 12.9. The topological polar surface area (TPSA) is 32.8 Å². The molecule has 0 spiro atoms. The molecule has 2 aliphatic rings. The highest BCUT2D eigenvalue weighted by atomic mass is 35.5. The van der Waals surface area contributed by atoms with Crippen molar-refractivity contribution in [3.63, 3.8) is 0 Å². The molecule has 1 aromatic rings. The van der Waals surface area contributed by atoms with Crippen molar-refractivity contribution in [1.82, 2.24) is 9.80 Å². The van der Waals surface area contributed by atoms with Gasteiger partial charge in [0, 0.05) is 19.6 Å². The Hall–Kier alpha value is -1.26. The van der Waals surface area contributed by atoms with Gasteiger partial charge in [-0.2, -0.15) is 0 Å². The van der Waals surface area contributed by atoms with Crippen LogP contribution in [0.15, 0.2) is 18.2 Å². The molecule has 0 saturated carbocycles. The minimum Gasteiger partial charge on any atom is -0.479 e. The van der Waals surface area contributed by atoms with Gasteiger partial charge < -0.3 is 14.5 Å². The van der Waals surface area contributed by atoms with Crippen LogP contribution in [0.3, 0.4) is 0 Å². The molecule has 3 rings (SSSR count). The molecule has 1 aromatic carbocycles. The minimum atomic E-state index is -0.515. The van der Waals surface area contributed by atoms with Crippen LogP contribution in [0.25, 0.3) is 0 Å². The van der Waals surface area contributed by atoms with Crippen LogP contribution in [0.4, 0.5) is 0 Å². The third-order valence-electron chi connectivity index (χ3n) is 5.96. The molecule has 1 amide bonds. The van der Waals surface area contributed by atoms with Gasteiger partial charge in [-0.15, -0.1) is 0 Å². The first-order valence-corrected chi connectivity index (χ1v) is 10.7. The van der Waals surface area contributed by atoms with E-state index in [0.717, 1.165) is 37.5 Å². The number of aryl methyl sites for hydroxylation is 1. The van der Waals surface area contributed by atoms with E-state index in [-0.39, 0.29) is 5.91 Å². The molecule has 4 nitrogen and oxygen atoms in total. The zero-order valence-corrected chi connectivity index (χ0v) is 17.7. The largest absolute Gasteiger partial charge is 0.479 e. The molecule has 2 atom stereocenters. The molecular formula is C22H33ClN2O2. The Labute approximate surface area is 168 Å². The van der Waals surface area contributed by atoms with Crippen molar-refractivity contribution in [1.29, 1.82) is 0 Å². The Bertz CT molecular complexity index is 643. The third kappa shape index (κ3) is 5.61. The number of piperidine rings is 2. The molecule has 0 bridgehead atoms. The summed E-state index contributed by atoms with van der Waals surface area (Å²) in [6.07, 6.45) is 4.39. The lowest BCUT2D eigenvalue weighted by molar-refractivity contribution is -0.140. The van der Waals surface area contributed by atoms with Gasteiger partial charge in [0.1, 0.15) is 5.75 Å². The third-order valence-corrected chi connectivity index (χ3v) is 6.27. The second-order valence-corrected chi connectivity index (χ2v) is 8.88. The fraction of sp³-hybridized carbons (Fsp3) is 0.682. The van der Waals surface area contributed by atoms with Gasteiger partial charge >= 0.3 is 0 Å². The summed E-state index contributed by atoms with van der Waals surface area (Å²) in [5, 5.41) is 0.552. The van der Waals surface area contributed by atoms with Crippen LogP contribution >= 0.6 is 11.6 Å². The van der Waals surface area contributed by atoms with Crippen LogP contribution in [-0.2, 0) is 4.79 Å². The van der Waals surface area contributed by atoms with E-state index < -0.39 is 6.10 Å². The highest BCUT2D eigenvalue weighted by Crippen LogP contribution is 2.27. The predicted octanol–water partition coefficient (Wildman–Crippen LogP) is 4.39. The molecular weight excluding hydrogens is 360 g/mol. The number of rotatable bonds is 5. The first-order valence-electron chi connectivity index (χ1n) is 10.4. The predicted molar refractivity (Wildman–Crippen MR) is 110 cm³/mol. The maximum absolute atomic E-state index is 12.9. The van der Waals surface area contributed by atoms with Crippen LogP contribution in [-0.4, -0.2) is 54.5 Å². The van der Waals surface area contributed by atoms with E-state index in [1.54, 1.807) is 0 Å².